The molecule has 2 aromatic carbocycles. The Balaban J connectivity index is 1.55. The van der Waals surface area contributed by atoms with Crippen molar-refractivity contribution in [1.82, 2.24) is 15.3 Å². The van der Waals surface area contributed by atoms with Crippen LogP contribution in [0.3, 0.4) is 0 Å². The van der Waals surface area contributed by atoms with E-state index < -0.39 is 6.04 Å². The molecule has 146 valence electrons. The lowest BCUT2D eigenvalue weighted by molar-refractivity contribution is -0.118. The lowest BCUT2D eigenvalue weighted by Crippen LogP contribution is -2.45. The molecule has 0 fully saturated rings. The fourth-order valence-electron chi connectivity index (χ4n) is 3.04. The Morgan fingerprint density at radius 3 is 2.52 bits per heavy atom. The lowest BCUT2D eigenvalue weighted by atomic mass is 10.0. The molecule has 0 aliphatic rings. The second kappa shape index (κ2) is 8.15. The van der Waals surface area contributed by atoms with Crippen LogP contribution in [-0.2, 0) is 11.2 Å². The zero-order valence-electron chi connectivity index (χ0n) is 15.3. The third-order valence-corrected chi connectivity index (χ3v) is 5.30. The van der Waals surface area contributed by atoms with Gasteiger partial charge in [-0.25, -0.2) is 4.79 Å². The van der Waals surface area contributed by atoms with Crippen molar-refractivity contribution in [2.75, 3.05) is 5.32 Å². The van der Waals surface area contributed by atoms with Crippen LogP contribution in [-0.4, -0.2) is 27.8 Å². The van der Waals surface area contributed by atoms with Gasteiger partial charge in [-0.3, -0.25) is 9.59 Å². The molecular weight excluding hydrogens is 388 g/mol. The predicted octanol–water partition coefficient (Wildman–Crippen LogP) is 2.90. The van der Waals surface area contributed by atoms with Gasteiger partial charge in [-0.15, -0.1) is 11.3 Å². The molecule has 0 aliphatic heterocycles. The van der Waals surface area contributed by atoms with E-state index in [1.807, 2.05) is 35.7 Å². The number of anilines is 1. The summed E-state index contributed by atoms with van der Waals surface area (Å²) in [5.41, 5.74) is 2.40. The number of carbonyl (C=O) groups excluding carboxylic acids is 2. The van der Waals surface area contributed by atoms with Crippen LogP contribution in [0.5, 0.6) is 0 Å². The standard InChI is InChI=1S/C21H18N4O3S/c26-19(22-14-8-9-15-16(12-14)25-21(28)24-15)17(11-13-5-2-1-3-6-13)23-20(27)18-7-4-10-29-18/h1-10,12,17H,11H2,(H,22,26)(H,23,27)(H2,24,25,28)/t17-/m1/s1. The van der Waals surface area contributed by atoms with Gasteiger partial charge in [0.05, 0.1) is 15.9 Å². The first-order chi connectivity index (χ1) is 14.1. The zero-order chi connectivity index (χ0) is 20.2. The average molecular weight is 406 g/mol. The first-order valence-electron chi connectivity index (χ1n) is 9.00. The topological polar surface area (TPSA) is 107 Å². The number of carbonyl (C=O) groups is 2. The smallest absolute Gasteiger partial charge is 0.323 e. The van der Waals surface area contributed by atoms with Crippen LogP contribution in [0.2, 0.25) is 0 Å². The van der Waals surface area contributed by atoms with Gasteiger partial charge in [0.15, 0.2) is 0 Å². The van der Waals surface area contributed by atoms with Gasteiger partial charge in [-0.05, 0) is 35.2 Å². The Hall–Kier alpha value is -3.65. The number of imidazole rings is 1. The van der Waals surface area contributed by atoms with Crippen molar-refractivity contribution in [3.8, 4) is 0 Å². The summed E-state index contributed by atoms with van der Waals surface area (Å²) in [4.78, 5) is 42.8. The van der Waals surface area contributed by atoms with E-state index in [1.165, 1.54) is 11.3 Å². The van der Waals surface area contributed by atoms with Crippen molar-refractivity contribution >= 4 is 39.9 Å². The van der Waals surface area contributed by atoms with Crippen molar-refractivity contribution in [3.63, 3.8) is 0 Å². The van der Waals surface area contributed by atoms with Crippen molar-refractivity contribution in [2.45, 2.75) is 12.5 Å². The Labute approximate surface area is 169 Å². The zero-order valence-corrected chi connectivity index (χ0v) is 16.1. The van der Waals surface area contributed by atoms with Crippen molar-refractivity contribution < 1.29 is 9.59 Å². The summed E-state index contributed by atoms with van der Waals surface area (Å²) in [5.74, 6) is -0.627. The number of thiophene rings is 1. The molecule has 7 nitrogen and oxygen atoms in total. The van der Waals surface area contributed by atoms with Gasteiger partial charge in [0.1, 0.15) is 6.04 Å². The molecule has 8 heteroatoms. The number of amides is 2. The van der Waals surface area contributed by atoms with Gasteiger partial charge in [0.2, 0.25) is 5.91 Å². The van der Waals surface area contributed by atoms with Gasteiger partial charge in [-0.1, -0.05) is 36.4 Å². The highest BCUT2D eigenvalue weighted by Gasteiger charge is 2.22. The number of aromatic nitrogens is 2. The Bertz CT molecular complexity index is 1200. The average Bonchev–Trinajstić information content (AvgIpc) is 3.37. The van der Waals surface area contributed by atoms with E-state index in [2.05, 4.69) is 20.6 Å². The van der Waals surface area contributed by atoms with Gasteiger partial charge < -0.3 is 20.6 Å². The number of benzene rings is 2. The molecular formula is C21H18N4O3S. The summed E-state index contributed by atoms with van der Waals surface area (Å²) in [7, 11) is 0. The number of fused-ring (bicyclic) bond motifs is 1. The summed E-state index contributed by atoms with van der Waals surface area (Å²) in [5, 5.41) is 7.47. The number of nitrogens with one attached hydrogen (secondary N) is 4. The summed E-state index contributed by atoms with van der Waals surface area (Å²) in [6, 6.07) is 17.3. The van der Waals surface area contributed by atoms with Crippen LogP contribution in [0.1, 0.15) is 15.2 Å². The van der Waals surface area contributed by atoms with E-state index in [0.29, 0.717) is 28.0 Å². The summed E-state index contributed by atoms with van der Waals surface area (Å²) >= 11 is 1.32. The van der Waals surface area contributed by atoms with E-state index >= 15 is 0 Å². The number of aromatic amines is 2. The molecule has 0 aliphatic carbocycles. The molecule has 29 heavy (non-hydrogen) atoms. The van der Waals surface area contributed by atoms with E-state index in [9.17, 15) is 14.4 Å². The minimum atomic E-state index is -0.757. The maximum absolute atomic E-state index is 13.0. The molecule has 4 aromatic rings. The molecule has 0 unspecified atom stereocenters. The molecule has 2 amide bonds. The van der Waals surface area contributed by atoms with Crippen molar-refractivity contribution in [2.24, 2.45) is 0 Å². The van der Waals surface area contributed by atoms with Crippen molar-refractivity contribution in [3.05, 3.63) is 87.0 Å². The molecule has 4 rings (SSSR count). The molecule has 2 heterocycles. The molecule has 2 aromatic heterocycles. The molecule has 0 spiro atoms. The summed E-state index contributed by atoms with van der Waals surface area (Å²) in [6.45, 7) is 0. The fraction of sp³-hybridized carbons (Fsp3) is 0.0952. The molecule has 0 radical (unpaired) electrons. The number of hydrogen-bond acceptors (Lipinski definition) is 4. The van der Waals surface area contributed by atoms with Gasteiger partial charge in [0, 0.05) is 12.1 Å². The van der Waals surface area contributed by atoms with E-state index in [-0.39, 0.29) is 17.5 Å². The number of rotatable bonds is 6. The Morgan fingerprint density at radius 1 is 0.966 bits per heavy atom. The SMILES string of the molecule is O=C(N[C@H](Cc1ccccc1)C(=O)Nc1ccc2[nH]c(=O)[nH]c2c1)c1cccs1. The second-order valence-electron chi connectivity index (χ2n) is 6.52. The van der Waals surface area contributed by atoms with Gasteiger partial charge in [0.25, 0.3) is 5.91 Å². The maximum Gasteiger partial charge on any atom is 0.323 e. The van der Waals surface area contributed by atoms with Crippen LogP contribution < -0.4 is 16.3 Å². The third kappa shape index (κ3) is 4.44. The van der Waals surface area contributed by atoms with Crippen LogP contribution in [0.15, 0.2) is 70.8 Å². The first kappa shape index (κ1) is 18.7. The predicted molar refractivity (Wildman–Crippen MR) is 113 cm³/mol. The Kier molecular flexibility index (Phi) is 5.26. The number of H-pyrrole nitrogens is 2. The highest BCUT2D eigenvalue weighted by Crippen LogP contribution is 2.16. The molecule has 0 saturated heterocycles. The molecule has 0 bridgehead atoms. The van der Waals surface area contributed by atoms with Gasteiger partial charge in [-0.2, -0.15) is 0 Å². The van der Waals surface area contributed by atoms with Crippen LogP contribution in [0, 0.1) is 0 Å². The van der Waals surface area contributed by atoms with Gasteiger partial charge >= 0.3 is 5.69 Å². The maximum atomic E-state index is 13.0. The minimum absolute atomic E-state index is 0.290. The summed E-state index contributed by atoms with van der Waals surface area (Å²) < 4.78 is 0. The molecule has 1 atom stereocenters. The first-order valence-corrected chi connectivity index (χ1v) is 9.88. The Morgan fingerprint density at radius 2 is 1.76 bits per heavy atom. The van der Waals surface area contributed by atoms with Crippen LogP contribution in [0.4, 0.5) is 5.69 Å². The highest BCUT2D eigenvalue weighted by atomic mass is 32.1. The van der Waals surface area contributed by atoms with Crippen LogP contribution >= 0.6 is 11.3 Å². The largest absolute Gasteiger partial charge is 0.339 e. The van der Waals surface area contributed by atoms with E-state index in [0.717, 1.165) is 5.56 Å². The number of hydrogen-bond donors (Lipinski definition) is 4. The van der Waals surface area contributed by atoms with Crippen molar-refractivity contribution in [1.29, 1.82) is 0 Å². The third-order valence-electron chi connectivity index (χ3n) is 4.43. The summed E-state index contributed by atoms with van der Waals surface area (Å²) in [6.07, 6.45) is 0.354. The highest BCUT2D eigenvalue weighted by molar-refractivity contribution is 7.12. The van der Waals surface area contributed by atoms with E-state index in [1.54, 1.807) is 30.3 Å². The molecule has 4 N–H and O–H groups in total. The second-order valence-corrected chi connectivity index (χ2v) is 7.47. The quantitative estimate of drug-likeness (QED) is 0.395. The molecule has 0 saturated carbocycles. The van der Waals surface area contributed by atoms with E-state index in [4.69, 9.17) is 0 Å². The minimum Gasteiger partial charge on any atom is -0.339 e. The normalized spacial score (nSPS) is 11.9. The lowest BCUT2D eigenvalue weighted by Gasteiger charge is -2.18. The van der Waals surface area contributed by atoms with Crippen LogP contribution in [0.25, 0.3) is 11.0 Å². The fourth-order valence-corrected chi connectivity index (χ4v) is 3.66. The monoisotopic (exact) mass is 406 g/mol.